The van der Waals surface area contributed by atoms with Crippen molar-refractivity contribution in [1.82, 2.24) is 24.9 Å². The first-order valence-corrected chi connectivity index (χ1v) is 17.5. The maximum absolute atomic E-state index is 13.3. The van der Waals surface area contributed by atoms with Crippen LogP contribution in [0, 0.1) is 27.9 Å². The first kappa shape index (κ1) is 32.9. The number of nitro groups is 1. The van der Waals surface area contributed by atoms with E-state index < -0.39 is 34.6 Å². The molecule has 3 unspecified atom stereocenters. The molecule has 6 heterocycles. The molecule has 0 radical (unpaired) electrons. The van der Waals surface area contributed by atoms with Crippen molar-refractivity contribution < 1.29 is 28.8 Å². The third kappa shape index (κ3) is 5.88. The molecule has 266 valence electrons. The van der Waals surface area contributed by atoms with Crippen molar-refractivity contribution in [1.29, 1.82) is 0 Å². The monoisotopic (exact) mass is 696 g/mol. The van der Waals surface area contributed by atoms with Gasteiger partial charge in [-0.25, -0.2) is 0 Å². The summed E-state index contributed by atoms with van der Waals surface area (Å²) in [4.78, 5) is 70.1. The Morgan fingerprint density at radius 1 is 0.922 bits per heavy atom. The van der Waals surface area contributed by atoms with E-state index in [1.54, 1.807) is 35.1 Å². The van der Waals surface area contributed by atoms with Crippen molar-refractivity contribution in [3.63, 3.8) is 0 Å². The van der Waals surface area contributed by atoms with Crippen LogP contribution in [0.5, 0.6) is 5.75 Å². The standard InChI is InChI=1S/C36H40N8O7/c1-39-16-22(14-37-39)27-12-31(44(49)50)32(51-2)13-30(27)42-19-23-17-40(18-24(23)20-42)15-21-7-9-41(10-8-21)25-3-4-26-28(11-25)36(48)43(35(26)47)29-5-6-33(45)38-34(29)46/h3-4,11-14,16,21,23-24,29H,5-10,15,17-20H2,1-2H3,(H,38,45,46). The zero-order valence-corrected chi connectivity index (χ0v) is 28.6. The minimum absolute atomic E-state index is 0.0621. The van der Waals surface area contributed by atoms with Crippen LogP contribution < -0.4 is 19.9 Å². The molecular formula is C36H40N8O7. The SMILES string of the molecule is COc1cc(N2CC3CN(CC4CCN(c5ccc6c(c5)C(=O)N(C5CCC(=O)NC5=O)C6=O)CC4)CC3C2)c(-c2cnn(C)c2)cc1[N+](=O)[O-]. The second-order valence-electron chi connectivity index (χ2n) is 14.5. The maximum atomic E-state index is 13.3. The van der Waals surface area contributed by atoms with Gasteiger partial charge in [-0.1, -0.05) is 0 Å². The van der Waals surface area contributed by atoms with Crippen LogP contribution in [-0.2, 0) is 16.6 Å². The van der Waals surface area contributed by atoms with Gasteiger partial charge in [0.25, 0.3) is 11.8 Å². The minimum atomic E-state index is -0.974. The van der Waals surface area contributed by atoms with Gasteiger partial charge in [0.05, 0.1) is 29.4 Å². The molecule has 2 aromatic carbocycles. The van der Waals surface area contributed by atoms with Crippen molar-refractivity contribution in [3.8, 4) is 16.9 Å². The Kier molecular flexibility index (Phi) is 8.24. The van der Waals surface area contributed by atoms with Gasteiger partial charge in [0.2, 0.25) is 11.8 Å². The van der Waals surface area contributed by atoms with Gasteiger partial charge in [-0.3, -0.25) is 44.2 Å². The molecule has 3 aromatic rings. The van der Waals surface area contributed by atoms with Gasteiger partial charge in [-0.2, -0.15) is 5.10 Å². The number of hydrogen-bond donors (Lipinski definition) is 1. The van der Waals surface area contributed by atoms with Crippen LogP contribution in [0.4, 0.5) is 17.1 Å². The van der Waals surface area contributed by atoms with Crippen LogP contribution in [0.25, 0.3) is 11.1 Å². The van der Waals surface area contributed by atoms with E-state index >= 15 is 0 Å². The molecule has 0 saturated carbocycles. The number of aromatic nitrogens is 2. The Morgan fingerprint density at radius 3 is 2.29 bits per heavy atom. The second-order valence-corrected chi connectivity index (χ2v) is 14.5. The highest BCUT2D eigenvalue weighted by Crippen LogP contribution is 2.44. The van der Waals surface area contributed by atoms with Crippen LogP contribution in [0.3, 0.4) is 0 Å². The van der Waals surface area contributed by atoms with Gasteiger partial charge < -0.3 is 19.4 Å². The molecule has 3 atom stereocenters. The fourth-order valence-electron chi connectivity index (χ4n) is 8.75. The van der Waals surface area contributed by atoms with E-state index in [1.165, 1.54) is 7.11 Å². The second kappa shape index (κ2) is 12.8. The summed E-state index contributed by atoms with van der Waals surface area (Å²) in [6, 6.07) is 7.77. The van der Waals surface area contributed by atoms with Gasteiger partial charge in [-0.15, -0.1) is 0 Å². The molecule has 4 amide bonds. The lowest BCUT2D eigenvalue weighted by molar-refractivity contribution is -0.385. The molecule has 0 bridgehead atoms. The van der Waals surface area contributed by atoms with Crippen LogP contribution >= 0.6 is 0 Å². The highest BCUT2D eigenvalue weighted by molar-refractivity contribution is 6.23. The number of anilines is 2. The number of nitrogens with one attached hydrogen (secondary N) is 1. The van der Waals surface area contributed by atoms with Crippen molar-refractivity contribution in [2.75, 3.05) is 62.7 Å². The molecule has 1 N–H and O–H groups in total. The van der Waals surface area contributed by atoms with Crippen LogP contribution in [-0.4, -0.2) is 107 Å². The molecular weight excluding hydrogens is 656 g/mol. The van der Waals surface area contributed by atoms with E-state index in [1.807, 2.05) is 19.3 Å². The van der Waals surface area contributed by atoms with Gasteiger partial charge in [0, 0.05) is 100 Å². The average molecular weight is 697 g/mol. The fourth-order valence-corrected chi connectivity index (χ4v) is 8.75. The number of nitro benzene ring substituents is 1. The highest BCUT2D eigenvalue weighted by Gasteiger charge is 2.45. The van der Waals surface area contributed by atoms with E-state index in [9.17, 15) is 29.3 Å². The van der Waals surface area contributed by atoms with Crippen molar-refractivity contribution in [2.24, 2.45) is 24.8 Å². The Labute approximate surface area is 294 Å². The molecule has 0 spiro atoms. The largest absolute Gasteiger partial charge is 0.490 e. The van der Waals surface area contributed by atoms with E-state index in [-0.39, 0.29) is 24.3 Å². The zero-order chi connectivity index (χ0) is 35.6. The fraction of sp³-hybridized carbons (Fsp3) is 0.472. The number of methoxy groups -OCH3 is 1. The number of nitrogens with zero attached hydrogens (tertiary/aromatic N) is 7. The third-order valence-corrected chi connectivity index (χ3v) is 11.3. The first-order valence-electron chi connectivity index (χ1n) is 17.5. The number of hydrogen-bond acceptors (Lipinski definition) is 11. The summed E-state index contributed by atoms with van der Waals surface area (Å²) in [6.45, 7) is 6.48. The van der Waals surface area contributed by atoms with Crippen LogP contribution in [0.2, 0.25) is 0 Å². The van der Waals surface area contributed by atoms with Crippen LogP contribution in [0.15, 0.2) is 42.7 Å². The number of imide groups is 2. The summed E-state index contributed by atoms with van der Waals surface area (Å²) < 4.78 is 7.14. The molecule has 8 rings (SSSR count). The lowest BCUT2D eigenvalue weighted by atomic mass is 9.95. The van der Waals surface area contributed by atoms with E-state index in [0.29, 0.717) is 28.9 Å². The Balaban J connectivity index is 0.876. The number of carbonyl (C=O) groups excluding carboxylic acids is 4. The molecule has 15 nitrogen and oxygen atoms in total. The summed E-state index contributed by atoms with van der Waals surface area (Å²) in [5.74, 6) is -0.180. The minimum Gasteiger partial charge on any atom is -0.490 e. The number of ether oxygens (including phenoxy) is 1. The predicted octanol–water partition coefficient (Wildman–Crippen LogP) is 2.69. The van der Waals surface area contributed by atoms with Gasteiger partial charge in [-0.05, 0) is 55.2 Å². The van der Waals surface area contributed by atoms with Crippen LogP contribution in [0.1, 0.15) is 46.4 Å². The normalized spacial score (nSPS) is 24.0. The molecule has 0 aliphatic carbocycles. The Bertz CT molecular complexity index is 1940. The molecule has 15 heteroatoms. The number of amides is 4. The Morgan fingerprint density at radius 2 is 1.65 bits per heavy atom. The summed E-state index contributed by atoms with van der Waals surface area (Å²) >= 11 is 0. The number of aryl methyl sites for hydroxylation is 1. The number of piperidine rings is 2. The van der Waals surface area contributed by atoms with E-state index in [4.69, 9.17) is 4.74 Å². The van der Waals surface area contributed by atoms with Crippen molar-refractivity contribution in [3.05, 3.63) is 64.0 Å². The average Bonchev–Trinajstić information content (AvgIpc) is 3.87. The lowest BCUT2D eigenvalue weighted by Gasteiger charge is -2.35. The van der Waals surface area contributed by atoms with E-state index in [2.05, 4.69) is 25.1 Å². The molecule has 4 saturated heterocycles. The molecule has 5 aliphatic heterocycles. The smallest absolute Gasteiger partial charge is 0.311 e. The molecule has 4 fully saturated rings. The van der Waals surface area contributed by atoms with Gasteiger partial charge in [0.15, 0.2) is 5.75 Å². The number of likely N-dealkylation sites (tertiary alicyclic amines) is 1. The number of rotatable bonds is 8. The summed E-state index contributed by atoms with van der Waals surface area (Å²) in [5.41, 5.74) is 3.97. The predicted molar refractivity (Wildman–Crippen MR) is 186 cm³/mol. The molecule has 5 aliphatic rings. The summed E-state index contributed by atoms with van der Waals surface area (Å²) in [7, 11) is 3.29. The number of benzene rings is 2. The van der Waals surface area contributed by atoms with E-state index in [0.717, 1.165) is 86.1 Å². The summed E-state index contributed by atoms with van der Waals surface area (Å²) in [5, 5.41) is 18.4. The zero-order valence-electron chi connectivity index (χ0n) is 28.6. The van der Waals surface area contributed by atoms with Crippen molar-refractivity contribution in [2.45, 2.75) is 31.7 Å². The van der Waals surface area contributed by atoms with Gasteiger partial charge >= 0.3 is 5.69 Å². The molecule has 1 aromatic heterocycles. The topological polar surface area (TPSA) is 163 Å². The highest BCUT2D eigenvalue weighted by atomic mass is 16.6. The quantitative estimate of drug-likeness (QED) is 0.209. The lowest BCUT2D eigenvalue weighted by Crippen LogP contribution is -2.54. The molecule has 51 heavy (non-hydrogen) atoms. The third-order valence-electron chi connectivity index (χ3n) is 11.3. The number of carbonyl (C=O) groups is 4. The number of fused-ring (bicyclic) bond motifs is 2. The Hall–Kier alpha value is -5.31. The van der Waals surface area contributed by atoms with Crippen molar-refractivity contribution >= 4 is 40.7 Å². The maximum Gasteiger partial charge on any atom is 0.311 e. The van der Waals surface area contributed by atoms with Gasteiger partial charge in [0.1, 0.15) is 6.04 Å². The first-order chi connectivity index (χ1) is 24.6. The summed E-state index contributed by atoms with van der Waals surface area (Å²) in [6.07, 6.45) is 5.87.